The van der Waals surface area contributed by atoms with Crippen molar-refractivity contribution in [1.29, 1.82) is 0 Å². The lowest BCUT2D eigenvalue weighted by Crippen LogP contribution is -2.36. The minimum atomic E-state index is -3.80. The normalized spacial score (nSPS) is 13.4. The quantitative estimate of drug-likeness (QED) is 0.0524. The molecule has 0 fully saturated rings. The Bertz CT molecular complexity index is 1620. The van der Waals surface area contributed by atoms with Gasteiger partial charge in [0, 0.05) is 24.6 Å². The Hall–Kier alpha value is -3.88. The van der Waals surface area contributed by atoms with Crippen molar-refractivity contribution in [2.75, 3.05) is 39.7 Å². The number of aromatic nitrogens is 4. The largest absolute Gasteiger partial charge is 0.497 e. The van der Waals surface area contributed by atoms with Gasteiger partial charge in [-0.2, -0.15) is 4.98 Å². The van der Waals surface area contributed by atoms with Crippen LogP contribution in [-0.4, -0.2) is 71.6 Å². The van der Waals surface area contributed by atoms with Gasteiger partial charge in [0.05, 0.1) is 26.1 Å². The number of nitrogens with two attached hydrogens (primary N) is 1. The first kappa shape index (κ1) is 34.0. The van der Waals surface area contributed by atoms with Gasteiger partial charge in [0.15, 0.2) is 12.4 Å². The number of nitrogens with one attached hydrogen (secondary N) is 1. The topological polar surface area (TPSA) is 171 Å². The monoisotopic (exact) mass is 660 g/mol. The first-order chi connectivity index (χ1) is 21.6. The maximum Gasteiger partial charge on any atom is 0.342 e. The molecule has 2 heterocycles. The van der Waals surface area contributed by atoms with Gasteiger partial charge in [-0.1, -0.05) is 17.8 Å². The molecule has 3 N–H and O–H groups in total. The zero-order valence-corrected chi connectivity index (χ0v) is 27.4. The summed E-state index contributed by atoms with van der Waals surface area (Å²) in [5, 5.41) is 3.38. The number of nitrogen functional groups attached to an aromatic ring is 1. The molecule has 0 amide bonds. The van der Waals surface area contributed by atoms with E-state index >= 15 is 0 Å². The zero-order chi connectivity index (χ0) is 32.4. The smallest absolute Gasteiger partial charge is 0.342 e. The van der Waals surface area contributed by atoms with E-state index in [1.807, 2.05) is 24.3 Å². The van der Waals surface area contributed by atoms with Crippen LogP contribution in [0.4, 0.5) is 5.95 Å². The van der Waals surface area contributed by atoms with E-state index in [4.69, 9.17) is 33.9 Å². The van der Waals surface area contributed by atoms with Crippen LogP contribution in [0.15, 0.2) is 64.8 Å². The molecule has 242 valence electrons. The lowest BCUT2D eigenvalue weighted by atomic mass is 10.3. The Morgan fingerprint density at radius 3 is 2.53 bits per heavy atom. The highest BCUT2D eigenvalue weighted by Gasteiger charge is 2.31. The molecule has 2 aromatic heterocycles. The Morgan fingerprint density at radius 2 is 1.82 bits per heavy atom. The standard InChI is InChI=1S/C29H37N6O8PS/c1-19(2)42-28(36)20(3)34-44(37,43-23-8-6-7-22(15-23)41-17-38-4)18-40-14-13-35-16-31-25-26(35)32-29(30)33-27(25)45-24-11-9-21(39-5)10-12-24/h6-12,15-16,19-20H,13-14,17-18H2,1-5H3,(H,34,37)(H2,30,32,33)/t20-,44?/m1/s1. The number of rotatable bonds is 17. The summed E-state index contributed by atoms with van der Waals surface area (Å²) < 4.78 is 48.4. The fraction of sp³-hybridized carbons (Fsp3) is 0.379. The molecule has 0 bridgehead atoms. The van der Waals surface area contributed by atoms with E-state index in [0.717, 1.165) is 10.6 Å². The second kappa shape index (κ2) is 15.9. The van der Waals surface area contributed by atoms with Gasteiger partial charge in [-0.25, -0.2) is 15.1 Å². The van der Waals surface area contributed by atoms with Gasteiger partial charge in [-0.05, 0) is 57.2 Å². The van der Waals surface area contributed by atoms with Crippen LogP contribution in [0.5, 0.6) is 17.2 Å². The lowest BCUT2D eigenvalue weighted by Gasteiger charge is -2.24. The summed E-state index contributed by atoms with van der Waals surface area (Å²) in [6, 6.07) is 13.2. The third kappa shape index (κ3) is 9.80. The van der Waals surface area contributed by atoms with Gasteiger partial charge in [0.2, 0.25) is 5.95 Å². The molecule has 1 unspecified atom stereocenters. The number of methoxy groups -OCH3 is 2. The van der Waals surface area contributed by atoms with Crippen LogP contribution in [0.2, 0.25) is 0 Å². The molecule has 0 aliphatic carbocycles. The molecule has 0 spiro atoms. The molecule has 14 nitrogen and oxygen atoms in total. The zero-order valence-electron chi connectivity index (χ0n) is 25.7. The van der Waals surface area contributed by atoms with Gasteiger partial charge in [-0.3, -0.25) is 9.36 Å². The fourth-order valence-electron chi connectivity index (χ4n) is 3.96. The first-order valence-electron chi connectivity index (χ1n) is 14.0. The van der Waals surface area contributed by atoms with Gasteiger partial charge >= 0.3 is 13.5 Å². The van der Waals surface area contributed by atoms with Gasteiger partial charge in [0.1, 0.15) is 40.2 Å². The molecule has 0 aliphatic heterocycles. The van der Waals surface area contributed by atoms with Crippen molar-refractivity contribution in [1.82, 2.24) is 24.6 Å². The molecule has 45 heavy (non-hydrogen) atoms. The Morgan fingerprint density at radius 1 is 1.07 bits per heavy atom. The molecule has 2 atom stereocenters. The number of ether oxygens (including phenoxy) is 5. The first-order valence-corrected chi connectivity index (χ1v) is 16.6. The summed E-state index contributed by atoms with van der Waals surface area (Å²) >= 11 is 1.40. The number of hydrogen-bond acceptors (Lipinski definition) is 13. The summed E-state index contributed by atoms with van der Waals surface area (Å²) in [7, 11) is -0.686. The second-order valence-electron chi connectivity index (χ2n) is 9.94. The van der Waals surface area contributed by atoms with Crippen LogP contribution in [0.3, 0.4) is 0 Å². The third-order valence-electron chi connectivity index (χ3n) is 5.96. The van der Waals surface area contributed by atoms with Crippen LogP contribution in [-0.2, 0) is 30.1 Å². The number of fused-ring (bicyclic) bond motifs is 1. The van der Waals surface area contributed by atoms with Crippen molar-refractivity contribution in [3.63, 3.8) is 0 Å². The lowest BCUT2D eigenvalue weighted by molar-refractivity contribution is -0.149. The van der Waals surface area contributed by atoms with Crippen molar-refractivity contribution >= 4 is 42.4 Å². The molecule has 0 radical (unpaired) electrons. The number of imidazole rings is 1. The van der Waals surface area contributed by atoms with E-state index in [9.17, 15) is 9.36 Å². The van der Waals surface area contributed by atoms with Crippen molar-refractivity contribution in [3.05, 3.63) is 54.9 Å². The molecule has 16 heteroatoms. The molecular formula is C29H37N6O8PS. The number of carbonyl (C=O) groups is 1. The highest BCUT2D eigenvalue weighted by atomic mass is 32.2. The molecule has 4 rings (SSSR count). The maximum atomic E-state index is 14.0. The van der Waals surface area contributed by atoms with Crippen LogP contribution in [0.1, 0.15) is 20.8 Å². The molecule has 0 aliphatic rings. The Labute approximate surface area is 265 Å². The van der Waals surface area contributed by atoms with E-state index in [2.05, 4.69) is 20.0 Å². The minimum absolute atomic E-state index is 0.0295. The highest BCUT2D eigenvalue weighted by Crippen LogP contribution is 2.44. The highest BCUT2D eigenvalue weighted by molar-refractivity contribution is 7.99. The summed E-state index contributed by atoms with van der Waals surface area (Å²) in [5.74, 6) is 0.975. The van der Waals surface area contributed by atoms with E-state index in [1.165, 1.54) is 18.9 Å². The van der Waals surface area contributed by atoms with E-state index in [0.29, 0.717) is 28.5 Å². The van der Waals surface area contributed by atoms with Crippen molar-refractivity contribution in [2.45, 2.75) is 49.4 Å². The number of carbonyl (C=O) groups excluding carboxylic acids is 1. The number of esters is 1. The van der Waals surface area contributed by atoms with Crippen molar-refractivity contribution in [3.8, 4) is 17.2 Å². The molecule has 4 aromatic rings. The van der Waals surface area contributed by atoms with Gasteiger partial charge < -0.3 is 38.5 Å². The fourth-order valence-corrected chi connectivity index (χ4v) is 6.54. The molecule has 0 saturated heterocycles. The Balaban J connectivity index is 1.45. The third-order valence-corrected chi connectivity index (χ3v) is 8.75. The van der Waals surface area contributed by atoms with Crippen molar-refractivity contribution < 1.29 is 37.6 Å². The summed E-state index contributed by atoms with van der Waals surface area (Å²) in [4.78, 5) is 26.7. The Kier molecular flexibility index (Phi) is 12.0. The van der Waals surface area contributed by atoms with Crippen LogP contribution < -0.4 is 24.8 Å². The minimum Gasteiger partial charge on any atom is -0.497 e. The average molecular weight is 661 g/mol. The number of hydrogen-bond donors (Lipinski definition) is 2. The van der Waals surface area contributed by atoms with Crippen LogP contribution in [0.25, 0.3) is 11.2 Å². The second-order valence-corrected chi connectivity index (χ2v) is 13.0. The summed E-state index contributed by atoms with van der Waals surface area (Å²) in [6.45, 7) is 5.46. The number of benzene rings is 2. The van der Waals surface area contributed by atoms with Crippen LogP contribution >= 0.6 is 19.3 Å². The molecule has 2 aromatic carbocycles. The van der Waals surface area contributed by atoms with E-state index in [1.54, 1.807) is 63.0 Å². The number of nitrogens with zero attached hydrogens (tertiary/aromatic N) is 4. The number of anilines is 1. The van der Waals surface area contributed by atoms with Gasteiger partial charge in [-0.15, -0.1) is 0 Å². The van der Waals surface area contributed by atoms with E-state index < -0.39 is 19.5 Å². The maximum absolute atomic E-state index is 14.0. The van der Waals surface area contributed by atoms with Crippen molar-refractivity contribution in [2.24, 2.45) is 0 Å². The summed E-state index contributed by atoms with van der Waals surface area (Å²) in [6.07, 6.45) is 0.924. The summed E-state index contributed by atoms with van der Waals surface area (Å²) in [5.41, 5.74) is 7.14. The molecule has 0 saturated carbocycles. The predicted molar refractivity (Wildman–Crippen MR) is 169 cm³/mol. The van der Waals surface area contributed by atoms with E-state index in [-0.39, 0.29) is 37.5 Å². The van der Waals surface area contributed by atoms with Crippen LogP contribution in [0, 0.1) is 0 Å². The van der Waals surface area contributed by atoms with Gasteiger partial charge in [0.25, 0.3) is 0 Å². The molecular weight excluding hydrogens is 623 g/mol. The average Bonchev–Trinajstić information content (AvgIpc) is 3.41. The predicted octanol–water partition coefficient (Wildman–Crippen LogP) is 4.73. The SMILES string of the molecule is COCOc1cccc(OP(=O)(COCCn2cnc3c(Sc4ccc(OC)cc4)nc(N)nc32)N[C@H](C)C(=O)OC(C)C)c1.